The summed E-state index contributed by atoms with van der Waals surface area (Å²) in [6, 6.07) is 5.83. The molecular formula is C15H21NO2. The number of aliphatic hydroxyl groups is 1. The summed E-state index contributed by atoms with van der Waals surface area (Å²) in [5.74, 6) is 0.116. The Morgan fingerprint density at radius 2 is 2.06 bits per heavy atom. The summed E-state index contributed by atoms with van der Waals surface area (Å²) in [5, 5.41) is 10.1. The molecular weight excluding hydrogens is 226 g/mol. The summed E-state index contributed by atoms with van der Waals surface area (Å²) in [7, 11) is 0. The minimum Gasteiger partial charge on any atom is -0.388 e. The number of aliphatic hydroxyl groups excluding tert-OH is 1. The maximum atomic E-state index is 12.5. The summed E-state index contributed by atoms with van der Waals surface area (Å²) in [5.41, 5.74) is 2.42. The van der Waals surface area contributed by atoms with Gasteiger partial charge in [0.05, 0.1) is 11.8 Å². The molecule has 1 aliphatic rings. The minimum absolute atomic E-state index is 0.116. The van der Waals surface area contributed by atoms with Gasteiger partial charge in [-0.3, -0.25) is 4.79 Å². The Labute approximate surface area is 108 Å². The molecule has 0 aliphatic carbocycles. The Hall–Kier alpha value is -1.35. The third kappa shape index (κ3) is 2.15. The first-order chi connectivity index (χ1) is 8.32. The van der Waals surface area contributed by atoms with E-state index in [1.807, 2.05) is 50.8 Å². The minimum atomic E-state index is -0.455. The lowest BCUT2D eigenvalue weighted by molar-refractivity contribution is -0.126. The maximum absolute atomic E-state index is 12.5. The van der Waals surface area contributed by atoms with E-state index in [-0.39, 0.29) is 5.91 Å². The molecule has 0 bridgehead atoms. The number of nitrogens with zero attached hydrogens (tertiary/aromatic N) is 1. The number of anilines is 1. The Balaban J connectivity index is 2.50. The Kier molecular flexibility index (Phi) is 3.20. The molecule has 1 aliphatic heterocycles. The number of para-hydroxylation sites is 1. The van der Waals surface area contributed by atoms with Gasteiger partial charge in [-0.2, -0.15) is 0 Å². The largest absolute Gasteiger partial charge is 0.388 e. The van der Waals surface area contributed by atoms with Crippen LogP contribution in [0.2, 0.25) is 0 Å². The second kappa shape index (κ2) is 4.39. The van der Waals surface area contributed by atoms with Crippen LogP contribution in [0.1, 0.15) is 44.4 Å². The molecule has 1 aromatic rings. The standard InChI is InChI=1S/C15H21NO2/c1-10-6-5-7-11-12(17)8-9-16(13(10)11)14(18)15(2,3)4/h5-7,12,17H,8-9H2,1-4H3. The highest BCUT2D eigenvalue weighted by Gasteiger charge is 2.34. The van der Waals surface area contributed by atoms with Crippen molar-refractivity contribution < 1.29 is 9.90 Å². The van der Waals surface area contributed by atoms with Crippen molar-refractivity contribution in [1.29, 1.82) is 0 Å². The molecule has 98 valence electrons. The van der Waals surface area contributed by atoms with Crippen LogP contribution in [0.25, 0.3) is 0 Å². The number of carbonyl (C=O) groups is 1. The van der Waals surface area contributed by atoms with Crippen molar-refractivity contribution in [3.05, 3.63) is 29.3 Å². The third-order valence-electron chi connectivity index (χ3n) is 3.41. The number of amides is 1. The van der Waals surface area contributed by atoms with Crippen LogP contribution in [-0.2, 0) is 4.79 Å². The van der Waals surface area contributed by atoms with E-state index in [1.54, 1.807) is 0 Å². The van der Waals surface area contributed by atoms with Crippen LogP contribution in [0.4, 0.5) is 5.69 Å². The van der Waals surface area contributed by atoms with Crippen molar-refractivity contribution in [2.45, 2.75) is 40.2 Å². The van der Waals surface area contributed by atoms with Crippen LogP contribution in [0.3, 0.4) is 0 Å². The van der Waals surface area contributed by atoms with Crippen molar-refractivity contribution in [2.24, 2.45) is 5.41 Å². The quantitative estimate of drug-likeness (QED) is 0.766. The average Bonchev–Trinajstić information content (AvgIpc) is 2.29. The van der Waals surface area contributed by atoms with E-state index in [1.165, 1.54) is 0 Å². The highest BCUT2D eigenvalue weighted by molar-refractivity contribution is 5.98. The molecule has 18 heavy (non-hydrogen) atoms. The van der Waals surface area contributed by atoms with Crippen LogP contribution < -0.4 is 4.90 Å². The monoisotopic (exact) mass is 247 g/mol. The predicted octanol–water partition coefficient (Wildman–Crippen LogP) is 2.81. The van der Waals surface area contributed by atoms with Gasteiger partial charge in [-0.1, -0.05) is 39.0 Å². The molecule has 1 N–H and O–H groups in total. The molecule has 0 fully saturated rings. The van der Waals surface area contributed by atoms with Gasteiger partial charge in [-0.05, 0) is 18.9 Å². The molecule has 0 saturated heterocycles. The number of carbonyl (C=O) groups excluding carboxylic acids is 1. The molecule has 1 unspecified atom stereocenters. The van der Waals surface area contributed by atoms with Crippen molar-refractivity contribution in [3.63, 3.8) is 0 Å². The van der Waals surface area contributed by atoms with E-state index in [9.17, 15) is 9.90 Å². The lowest BCUT2D eigenvalue weighted by Crippen LogP contribution is -2.43. The van der Waals surface area contributed by atoms with Crippen LogP contribution in [0.5, 0.6) is 0 Å². The van der Waals surface area contributed by atoms with Crippen molar-refractivity contribution in [1.82, 2.24) is 0 Å². The van der Waals surface area contributed by atoms with Crippen molar-refractivity contribution >= 4 is 11.6 Å². The number of aryl methyl sites for hydroxylation is 1. The highest BCUT2D eigenvalue weighted by atomic mass is 16.3. The van der Waals surface area contributed by atoms with Gasteiger partial charge < -0.3 is 10.0 Å². The molecule has 0 saturated carbocycles. The molecule has 0 radical (unpaired) electrons. The van der Waals surface area contributed by atoms with Crippen LogP contribution in [0.15, 0.2) is 18.2 Å². The first kappa shape index (κ1) is 13.1. The Morgan fingerprint density at radius 3 is 2.67 bits per heavy atom. The molecule has 1 aromatic carbocycles. The number of rotatable bonds is 0. The van der Waals surface area contributed by atoms with Crippen LogP contribution in [-0.4, -0.2) is 17.6 Å². The van der Waals surface area contributed by atoms with Gasteiger partial charge in [-0.15, -0.1) is 0 Å². The van der Waals surface area contributed by atoms with Crippen molar-refractivity contribution in [2.75, 3.05) is 11.4 Å². The van der Waals surface area contributed by atoms with Gasteiger partial charge in [0.25, 0.3) is 0 Å². The summed E-state index contributed by atoms with van der Waals surface area (Å²) < 4.78 is 0. The van der Waals surface area contributed by atoms with Gasteiger partial charge in [0, 0.05) is 17.5 Å². The fraction of sp³-hybridized carbons (Fsp3) is 0.533. The SMILES string of the molecule is Cc1cccc2c1N(C(=O)C(C)(C)C)CCC2O. The zero-order valence-electron chi connectivity index (χ0n) is 11.5. The van der Waals surface area contributed by atoms with Crippen LogP contribution >= 0.6 is 0 Å². The van der Waals surface area contributed by atoms with Crippen LogP contribution in [0, 0.1) is 12.3 Å². The topological polar surface area (TPSA) is 40.5 Å². The highest BCUT2D eigenvalue weighted by Crippen LogP contribution is 2.38. The summed E-state index contributed by atoms with van der Waals surface area (Å²) in [4.78, 5) is 14.3. The molecule has 2 rings (SSSR count). The van der Waals surface area contributed by atoms with Gasteiger partial charge in [0.1, 0.15) is 0 Å². The zero-order chi connectivity index (χ0) is 13.5. The van der Waals surface area contributed by atoms with E-state index < -0.39 is 11.5 Å². The second-order valence-electron chi connectivity index (χ2n) is 6.02. The van der Waals surface area contributed by atoms with Crippen molar-refractivity contribution in [3.8, 4) is 0 Å². The first-order valence-electron chi connectivity index (χ1n) is 6.42. The smallest absolute Gasteiger partial charge is 0.232 e. The van der Waals surface area contributed by atoms with Gasteiger partial charge in [-0.25, -0.2) is 0 Å². The lowest BCUT2D eigenvalue weighted by Gasteiger charge is -2.37. The number of fused-ring (bicyclic) bond motifs is 1. The van der Waals surface area contributed by atoms with E-state index in [0.29, 0.717) is 13.0 Å². The fourth-order valence-corrected chi connectivity index (χ4v) is 2.45. The molecule has 3 nitrogen and oxygen atoms in total. The molecule has 0 spiro atoms. The molecule has 1 amide bonds. The third-order valence-corrected chi connectivity index (χ3v) is 3.41. The lowest BCUT2D eigenvalue weighted by atomic mass is 9.90. The predicted molar refractivity (Wildman–Crippen MR) is 72.6 cm³/mol. The Morgan fingerprint density at radius 1 is 1.39 bits per heavy atom. The maximum Gasteiger partial charge on any atom is 0.232 e. The zero-order valence-corrected chi connectivity index (χ0v) is 11.5. The average molecular weight is 247 g/mol. The number of benzene rings is 1. The van der Waals surface area contributed by atoms with E-state index in [2.05, 4.69) is 0 Å². The molecule has 0 aromatic heterocycles. The number of hydrogen-bond acceptors (Lipinski definition) is 2. The van der Waals surface area contributed by atoms with E-state index >= 15 is 0 Å². The summed E-state index contributed by atoms with van der Waals surface area (Å²) in [6.45, 7) is 8.36. The van der Waals surface area contributed by atoms with E-state index in [4.69, 9.17) is 0 Å². The number of hydrogen-bond donors (Lipinski definition) is 1. The Bertz CT molecular complexity index is 474. The molecule has 1 atom stereocenters. The molecule has 1 heterocycles. The second-order valence-corrected chi connectivity index (χ2v) is 6.02. The first-order valence-corrected chi connectivity index (χ1v) is 6.42. The van der Waals surface area contributed by atoms with Gasteiger partial charge in [0.2, 0.25) is 5.91 Å². The van der Waals surface area contributed by atoms with Gasteiger partial charge >= 0.3 is 0 Å². The van der Waals surface area contributed by atoms with E-state index in [0.717, 1.165) is 16.8 Å². The molecule has 3 heteroatoms. The normalized spacial score (nSPS) is 19.6. The van der Waals surface area contributed by atoms with Gasteiger partial charge in [0.15, 0.2) is 0 Å². The summed E-state index contributed by atoms with van der Waals surface area (Å²) in [6.07, 6.45) is 0.155. The fourth-order valence-electron chi connectivity index (χ4n) is 2.45. The summed E-state index contributed by atoms with van der Waals surface area (Å²) >= 11 is 0.